The molecule has 1 aliphatic heterocycles. The number of nitrogens with zero attached hydrogens (tertiary/aromatic N) is 1. The Kier molecular flexibility index (Phi) is 2.65. The molecule has 1 rings (SSSR count). The number of carboxylic acids is 1. The van der Waals surface area contributed by atoms with Gasteiger partial charge in [-0.25, -0.2) is 0 Å². The van der Waals surface area contributed by atoms with Crippen LogP contribution in [0.2, 0.25) is 0 Å². The first-order chi connectivity index (χ1) is 5.65. The lowest BCUT2D eigenvalue weighted by atomic mass is 10.1. The lowest BCUT2D eigenvalue weighted by Gasteiger charge is -2.13. The molecule has 0 aliphatic carbocycles. The highest BCUT2D eigenvalue weighted by Crippen LogP contribution is 2.16. The highest BCUT2D eigenvalue weighted by Gasteiger charge is 2.33. The van der Waals surface area contributed by atoms with Crippen LogP contribution < -0.4 is 0 Å². The number of β-amino-alcohol motifs (C(OH)–C–C–N with tert-alkyl or cyclic N) is 1. The molecule has 0 aromatic rings. The van der Waals surface area contributed by atoms with Crippen molar-refractivity contribution in [3.05, 3.63) is 0 Å². The first kappa shape index (κ1) is 8.99. The van der Waals surface area contributed by atoms with Gasteiger partial charge in [-0.15, -0.1) is 0 Å². The molecule has 0 aromatic carbocycles. The number of likely N-dealkylation sites (tertiary alicyclic amines) is 1. The molecule has 12 heavy (non-hydrogen) atoms. The Bertz CT molecular complexity index is 204. The number of carbonyl (C=O) groups excluding carboxylic acids is 1. The maximum Gasteiger partial charge on any atom is 0.308 e. The number of carbonyl (C=O) groups is 2. The van der Waals surface area contributed by atoms with Crippen LogP contribution in [-0.4, -0.2) is 46.7 Å². The van der Waals surface area contributed by atoms with Crippen LogP contribution >= 0.6 is 0 Å². The minimum absolute atomic E-state index is 0.0648. The second kappa shape index (κ2) is 3.53. The summed E-state index contributed by atoms with van der Waals surface area (Å²) in [6, 6.07) is 0. The molecule has 0 aromatic heterocycles. The number of rotatable bonds is 3. The number of hydrogen-bond acceptors (Lipinski definition) is 3. The summed E-state index contributed by atoms with van der Waals surface area (Å²) in [5.74, 6) is -1.72. The summed E-state index contributed by atoms with van der Waals surface area (Å²) in [6.45, 7) is 0.357. The van der Waals surface area contributed by atoms with Gasteiger partial charge in [0.15, 0.2) is 0 Å². The summed E-state index contributed by atoms with van der Waals surface area (Å²) < 4.78 is 0. The van der Waals surface area contributed by atoms with Crippen LogP contribution in [-0.2, 0) is 9.59 Å². The van der Waals surface area contributed by atoms with Gasteiger partial charge in [-0.3, -0.25) is 9.59 Å². The zero-order valence-corrected chi connectivity index (χ0v) is 6.56. The van der Waals surface area contributed by atoms with Crippen LogP contribution in [0, 0.1) is 5.92 Å². The number of aliphatic hydroxyl groups is 1. The van der Waals surface area contributed by atoms with Gasteiger partial charge in [-0.05, 0) is 0 Å². The smallest absolute Gasteiger partial charge is 0.308 e. The Balaban J connectivity index is 2.50. The van der Waals surface area contributed by atoms with Crippen LogP contribution in [0.3, 0.4) is 0 Å². The number of hydrogen-bond donors (Lipinski definition) is 2. The largest absolute Gasteiger partial charge is 0.481 e. The highest BCUT2D eigenvalue weighted by molar-refractivity contribution is 5.86. The van der Waals surface area contributed by atoms with Gasteiger partial charge < -0.3 is 15.1 Å². The molecule has 5 nitrogen and oxygen atoms in total. The molecule has 5 heteroatoms. The van der Waals surface area contributed by atoms with Gasteiger partial charge in [0.05, 0.1) is 12.5 Å². The molecule has 1 atom stereocenters. The minimum Gasteiger partial charge on any atom is -0.481 e. The average molecular weight is 173 g/mol. The zero-order valence-electron chi connectivity index (χ0n) is 6.56. The summed E-state index contributed by atoms with van der Waals surface area (Å²) in [5, 5.41) is 17.1. The molecule has 0 spiro atoms. The van der Waals surface area contributed by atoms with E-state index in [0.717, 1.165) is 0 Å². The monoisotopic (exact) mass is 173 g/mol. The molecule has 0 radical (unpaired) electrons. The minimum atomic E-state index is -0.941. The van der Waals surface area contributed by atoms with Crippen molar-refractivity contribution in [3.63, 3.8) is 0 Å². The first-order valence-electron chi connectivity index (χ1n) is 3.76. The summed E-state index contributed by atoms with van der Waals surface area (Å²) >= 11 is 0. The van der Waals surface area contributed by atoms with Gasteiger partial charge in [0.25, 0.3) is 0 Å². The molecule has 2 N–H and O–H groups in total. The SMILES string of the molecule is O=C(O)[C@@H]1CC(=O)N(CCO)C1. The maximum atomic E-state index is 11.0. The van der Waals surface area contributed by atoms with E-state index < -0.39 is 11.9 Å². The van der Waals surface area contributed by atoms with Crippen molar-refractivity contribution in [3.8, 4) is 0 Å². The van der Waals surface area contributed by atoms with Crippen molar-refractivity contribution < 1.29 is 19.8 Å². The molecule has 1 heterocycles. The van der Waals surface area contributed by atoms with E-state index >= 15 is 0 Å². The van der Waals surface area contributed by atoms with E-state index in [1.165, 1.54) is 4.90 Å². The summed E-state index contributed by atoms with van der Waals surface area (Å²) in [7, 11) is 0. The van der Waals surface area contributed by atoms with Gasteiger partial charge in [0.1, 0.15) is 0 Å². The molecule has 1 saturated heterocycles. The molecule has 0 saturated carbocycles. The van der Waals surface area contributed by atoms with E-state index in [0.29, 0.717) is 0 Å². The van der Waals surface area contributed by atoms with Crippen molar-refractivity contribution in [2.75, 3.05) is 19.7 Å². The van der Waals surface area contributed by atoms with Crippen molar-refractivity contribution in [2.24, 2.45) is 5.92 Å². The fourth-order valence-electron chi connectivity index (χ4n) is 1.27. The van der Waals surface area contributed by atoms with E-state index in [2.05, 4.69) is 0 Å². The number of carboxylic acid groups (broad SMARTS) is 1. The Morgan fingerprint density at radius 3 is 2.75 bits per heavy atom. The summed E-state index contributed by atoms with van der Waals surface area (Å²) in [6.07, 6.45) is 0.0648. The van der Waals surface area contributed by atoms with E-state index in [9.17, 15) is 9.59 Å². The normalized spacial score (nSPS) is 23.2. The quantitative estimate of drug-likeness (QED) is 0.568. The maximum absolute atomic E-state index is 11.0. The second-order valence-corrected chi connectivity index (χ2v) is 2.80. The summed E-state index contributed by atoms with van der Waals surface area (Å²) in [5.41, 5.74) is 0. The van der Waals surface area contributed by atoms with Crippen LogP contribution in [0.25, 0.3) is 0 Å². The van der Waals surface area contributed by atoms with Gasteiger partial charge >= 0.3 is 5.97 Å². The summed E-state index contributed by atoms with van der Waals surface area (Å²) in [4.78, 5) is 22.9. The van der Waals surface area contributed by atoms with Gasteiger partial charge in [0, 0.05) is 19.5 Å². The number of aliphatic hydroxyl groups excluding tert-OH is 1. The number of aliphatic carboxylic acids is 1. The molecular formula is C7H11NO4. The molecule has 1 aliphatic rings. The lowest BCUT2D eigenvalue weighted by Crippen LogP contribution is -2.29. The third-order valence-corrected chi connectivity index (χ3v) is 1.93. The highest BCUT2D eigenvalue weighted by atomic mass is 16.4. The average Bonchev–Trinajstić information content (AvgIpc) is 2.34. The fraction of sp³-hybridized carbons (Fsp3) is 0.714. The Morgan fingerprint density at radius 2 is 2.33 bits per heavy atom. The van der Waals surface area contributed by atoms with Crippen LogP contribution in [0.4, 0.5) is 0 Å². The molecule has 0 bridgehead atoms. The molecular weight excluding hydrogens is 162 g/mol. The van der Waals surface area contributed by atoms with Gasteiger partial charge in [-0.2, -0.15) is 0 Å². The second-order valence-electron chi connectivity index (χ2n) is 2.80. The first-order valence-corrected chi connectivity index (χ1v) is 3.76. The Labute approximate surface area is 69.6 Å². The third kappa shape index (κ3) is 1.73. The molecule has 68 valence electrons. The predicted molar refractivity (Wildman–Crippen MR) is 39.4 cm³/mol. The van der Waals surface area contributed by atoms with Crippen molar-refractivity contribution >= 4 is 11.9 Å². The Morgan fingerprint density at radius 1 is 1.67 bits per heavy atom. The van der Waals surface area contributed by atoms with Gasteiger partial charge in [0.2, 0.25) is 5.91 Å². The van der Waals surface area contributed by atoms with E-state index in [1.54, 1.807) is 0 Å². The van der Waals surface area contributed by atoms with E-state index in [1.807, 2.05) is 0 Å². The van der Waals surface area contributed by atoms with Crippen LogP contribution in [0.1, 0.15) is 6.42 Å². The van der Waals surface area contributed by atoms with Crippen molar-refractivity contribution in [1.29, 1.82) is 0 Å². The molecule has 1 amide bonds. The van der Waals surface area contributed by atoms with Crippen LogP contribution in [0.15, 0.2) is 0 Å². The number of amides is 1. The lowest BCUT2D eigenvalue weighted by molar-refractivity contribution is -0.141. The predicted octanol–water partition coefficient (Wildman–Crippen LogP) is -1.09. The fourth-order valence-corrected chi connectivity index (χ4v) is 1.27. The van der Waals surface area contributed by atoms with Crippen molar-refractivity contribution in [2.45, 2.75) is 6.42 Å². The van der Waals surface area contributed by atoms with Crippen molar-refractivity contribution in [1.82, 2.24) is 4.90 Å². The topological polar surface area (TPSA) is 77.8 Å². The zero-order chi connectivity index (χ0) is 9.14. The molecule has 1 fully saturated rings. The standard InChI is InChI=1S/C7H11NO4/c9-2-1-8-4-5(7(11)12)3-6(8)10/h5,9H,1-4H2,(H,11,12)/t5-/m1/s1. The molecule has 0 unspecified atom stereocenters. The third-order valence-electron chi connectivity index (χ3n) is 1.93. The van der Waals surface area contributed by atoms with Gasteiger partial charge in [-0.1, -0.05) is 0 Å². The Hall–Kier alpha value is -1.10. The van der Waals surface area contributed by atoms with E-state index in [4.69, 9.17) is 10.2 Å². The van der Waals surface area contributed by atoms with E-state index in [-0.39, 0.29) is 32.0 Å². The van der Waals surface area contributed by atoms with Crippen LogP contribution in [0.5, 0.6) is 0 Å².